The standard InChI is InChI=1S/C18H12Cl3N9O12S4/c19-13-25-14(20)27-16(26-13)23-8-4-12(46(40,41)42)9(5-11(8)45(37,38)39)24-18-29-15(21)28-17(30-18)22-7-3-6(43(31,32)33)1-2-10(7)44(34,35)36/h1-5H,(H,31,32,33)(H,34,35,36)(H,37,38,39)(H,40,41,42)(H,23,25,26,27)(H2,22,24,28,29,30). The first kappa shape index (κ1) is 35.2. The van der Waals surface area contributed by atoms with E-state index >= 15 is 0 Å². The molecule has 0 spiro atoms. The third-order valence-electron chi connectivity index (χ3n) is 5.09. The highest BCUT2D eigenvalue weighted by atomic mass is 35.5. The molecule has 21 nitrogen and oxygen atoms in total. The summed E-state index contributed by atoms with van der Waals surface area (Å²) in [4.78, 5) is 18.0. The van der Waals surface area contributed by atoms with Crippen molar-refractivity contribution in [2.24, 2.45) is 0 Å². The van der Waals surface area contributed by atoms with E-state index in [9.17, 15) is 51.9 Å². The van der Waals surface area contributed by atoms with Crippen LogP contribution >= 0.6 is 34.8 Å². The van der Waals surface area contributed by atoms with Crippen LogP contribution in [0.2, 0.25) is 15.9 Å². The van der Waals surface area contributed by atoms with Gasteiger partial charge in [0.15, 0.2) is 0 Å². The second-order valence-electron chi connectivity index (χ2n) is 8.23. The van der Waals surface area contributed by atoms with Crippen molar-refractivity contribution in [1.82, 2.24) is 29.9 Å². The van der Waals surface area contributed by atoms with Gasteiger partial charge in [0.2, 0.25) is 33.7 Å². The highest BCUT2D eigenvalue weighted by Crippen LogP contribution is 2.35. The van der Waals surface area contributed by atoms with Gasteiger partial charge in [-0.2, -0.15) is 63.6 Å². The molecule has 4 aromatic rings. The summed E-state index contributed by atoms with van der Waals surface area (Å²) in [5, 5.41) is 5.11. The minimum atomic E-state index is -5.24. The molecule has 246 valence electrons. The lowest BCUT2D eigenvalue weighted by Gasteiger charge is -2.16. The molecule has 2 heterocycles. The Bertz CT molecular complexity index is 2330. The lowest BCUT2D eigenvalue weighted by atomic mass is 10.2. The number of rotatable bonds is 10. The van der Waals surface area contributed by atoms with Crippen molar-refractivity contribution in [2.45, 2.75) is 19.6 Å². The maximum absolute atomic E-state index is 12.3. The molecule has 0 unspecified atom stereocenters. The largest absolute Gasteiger partial charge is 0.323 e. The van der Waals surface area contributed by atoms with Crippen molar-refractivity contribution in [2.75, 3.05) is 16.0 Å². The van der Waals surface area contributed by atoms with Crippen LogP contribution in [0.3, 0.4) is 0 Å². The van der Waals surface area contributed by atoms with Crippen molar-refractivity contribution >= 4 is 110 Å². The summed E-state index contributed by atoms with van der Waals surface area (Å²) >= 11 is 17.3. The number of hydrogen-bond donors (Lipinski definition) is 7. The third kappa shape index (κ3) is 8.59. The molecule has 0 aliphatic heterocycles. The van der Waals surface area contributed by atoms with Crippen LogP contribution in [-0.4, -0.2) is 81.8 Å². The predicted molar refractivity (Wildman–Crippen MR) is 157 cm³/mol. The van der Waals surface area contributed by atoms with E-state index in [4.69, 9.17) is 34.8 Å². The molecule has 2 aromatic heterocycles. The van der Waals surface area contributed by atoms with Crippen molar-refractivity contribution in [1.29, 1.82) is 0 Å². The van der Waals surface area contributed by atoms with Crippen molar-refractivity contribution in [3.8, 4) is 0 Å². The Morgan fingerprint density at radius 3 is 1.17 bits per heavy atom. The van der Waals surface area contributed by atoms with E-state index < -0.39 is 111 Å². The van der Waals surface area contributed by atoms with Crippen LogP contribution in [0.25, 0.3) is 0 Å². The molecule has 46 heavy (non-hydrogen) atoms. The van der Waals surface area contributed by atoms with Crippen LogP contribution in [0, 0.1) is 0 Å². The fourth-order valence-electron chi connectivity index (χ4n) is 3.38. The molecule has 28 heteroatoms. The van der Waals surface area contributed by atoms with Crippen LogP contribution in [0.15, 0.2) is 49.9 Å². The Balaban J connectivity index is 1.84. The molecular formula is C18H12Cl3N9O12S4. The summed E-state index contributed by atoms with van der Waals surface area (Å²) in [6, 6.07) is 2.88. The summed E-state index contributed by atoms with van der Waals surface area (Å²) in [6.45, 7) is 0. The van der Waals surface area contributed by atoms with Gasteiger partial charge in [-0.1, -0.05) is 0 Å². The maximum atomic E-state index is 12.3. The van der Waals surface area contributed by atoms with Crippen molar-refractivity contribution in [3.63, 3.8) is 0 Å². The summed E-state index contributed by atoms with van der Waals surface area (Å²) < 4.78 is 134. The number of anilines is 6. The van der Waals surface area contributed by atoms with Gasteiger partial charge in [-0.15, -0.1) is 0 Å². The summed E-state index contributed by atoms with van der Waals surface area (Å²) in [5.74, 6) is -1.92. The quantitative estimate of drug-likeness (QED) is 0.113. The van der Waals surface area contributed by atoms with Gasteiger partial charge in [0, 0.05) is 0 Å². The molecule has 4 rings (SSSR count). The zero-order valence-electron chi connectivity index (χ0n) is 21.4. The highest BCUT2D eigenvalue weighted by molar-refractivity contribution is 7.87. The minimum Gasteiger partial charge on any atom is -0.323 e. The van der Waals surface area contributed by atoms with Crippen molar-refractivity contribution in [3.05, 3.63) is 46.2 Å². The van der Waals surface area contributed by atoms with Crippen LogP contribution in [0.1, 0.15) is 0 Å². The van der Waals surface area contributed by atoms with Crippen LogP contribution in [0.5, 0.6) is 0 Å². The van der Waals surface area contributed by atoms with Gasteiger partial charge in [0.25, 0.3) is 40.5 Å². The van der Waals surface area contributed by atoms with E-state index in [1.165, 1.54) is 0 Å². The van der Waals surface area contributed by atoms with E-state index in [0.717, 1.165) is 0 Å². The average Bonchev–Trinajstić information content (AvgIpc) is 2.86. The molecule has 0 aliphatic rings. The number of nitrogens with one attached hydrogen (secondary N) is 3. The number of nitrogens with zero attached hydrogens (tertiary/aromatic N) is 6. The number of hydrogen-bond acceptors (Lipinski definition) is 17. The van der Waals surface area contributed by atoms with Gasteiger partial charge in [0.05, 0.1) is 22.0 Å². The van der Waals surface area contributed by atoms with Gasteiger partial charge in [-0.05, 0) is 65.1 Å². The fraction of sp³-hybridized carbons (Fsp3) is 0. The highest BCUT2D eigenvalue weighted by Gasteiger charge is 2.26. The van der Waals surface area contributed by atoms with Crippen LogP contribution in [-0.2, 0) is 40.5 Å². The van der Waals surface area contributed by atoms with Gasteiger partial charge >= 0.3 is 0 Å². The second-order valence-corrected chi connectivity index (χ2v) is 14.8. The molecule has 2 aromatic carbocycles. The Morgan fingerprint density at radius 1 is 0.457 bits per heavy atom. The molecule has 0 aliphatic carbocycles. The monoisotopic (exact) mass is 779 g/mol. The summed E-state index contributed by atoms with van der Waals surface area (Å²) in [6.07, 6.45) is 0. The Labute approximate surface area is 272 Å². The van der Waals surface area contributed by atoms with Gasteiger partial charge in [0.1, 0.15) is 14.7 Å². The molecule has 0 saturated carbocycles. The average molecular weight is 781 g/mol. The molecule has 0 fully saturated rings. The Morgan fingerprint density at radius 2 is 0.804 bits per heavy atom. The first-order valence-electron chi connectivity index (χ1n) is 11.0. The molecule has 0 saturated heterocycles. The third-order valence-corrected chi connectivity index (χ3v) is 9.15. The van der Waals surface area contributed by atoms with E-state index in [2.05, 4.69) is 45.9 Å². The van der Waals surface area contributed by atoms with Crippen LogP contribution < -0.4 is 16.0 Å². The molecule has 7 N–H and O–H groups in total. The maximum Gasteiger partial charge on any atom is 0.296 e. The van der Waals surface area contributed by atoms with E-state index in [1.807, 2.05) is 0 Å². The van der Waals surface area contributed by atoms with Crippen molar-refractivity contribution < 1.29 is 51.9 Å². The van der Waals surface area contributed by atoms with Gasteiger partial charge in [-0.3, -0.25) is 18.2 Å². The van der Waals surface area contributed by atoms with E-state index in [1.54, 1.807) is 0 Å². The Kier molecular flexibility index (Phi) is 9.59. The first-order valence-corrected chi connectivity index (χ1v) is 17.9. The zero-order chi connectivity index (χ0) is 34.4. The fourth-order valence-corrected chi connectivity index (χ4v) is 6.35. The van der Waals surface area contributed by atoms with E-state index in [0.29, 0.717) is 30.3 Å². The number of halogens is 3. The number of aromatic nitrogens is 6. The summed E-state index contributed by atoms with van der Waals surface area (Å²) in [5.41, 5.74) is -2.22. The molecular weight excluding hydrogens is 769 g/mol. The second kappa shape index (κ2) is 12.5. The van der Waals surface area contributed by atoms with Gasteiger partial charge < -0.3 is 16.0 Å². The Hall–Kier alpha value is -3.63. The first-order chi connectivity index (χ1) is 21.0. The number of benzene rings is 2. The van der Waals surface area contributed by atoms with Gasteiger partial charge in [-0.25, -0.2) is 0 Å². The lowest BCUT2D eigenvalue weighted by Crippen LogP contribution is -2.12. The van der Waals surface area contributed by atoms with Crippen LogP contribution in [0.4, 0.5) is 34.9 Å². The predicted octanol–water partition coefficient (Wildman–Crippen LogP) is 2.23. The zero-order valence-corrected chi connectivity index (χ0v) is 26.9. The minimum absolute atomic E-state index is 0.464. The molecule has 0 bridgehead atoms. The normalized spacial score (nSPS) is 12.5. The molecule has 0 atom stereocenters. The molecule has 0 amide bonds. The smallest absolute Gasteiger partial charge is 0.296 e. The SMILES string of the molecule is O=S(=O)(O)c1ccc(S(=O)(=O)O)c(Nc2nc(Cl)nc(Nc3cc(S(=O)(=O)O)c(Nc4nc(Cl)nc(Cl)n4)cc3S(=O)(=O)O)n2)c1. The molecule has 0 radical (unpaired) electrons. The lowest BCUT2D eigenvalue weighted by molar-refractivity contribution is 0.479. The summed E-state index contributed by atoms with van der Waals surface area (Å²) in [7, 11) is -20.3. The van der Waals surface area contributed by atoms with E-state index in [-0.39, 0.29) is 0 Å². The topological polar surface area (TPSA) is 331 Å².